The zero-order valence-electron chi connectivity index (χ0n) is 8.01. The zero-order chi connectivity index (χ0) is 10.1. The average Bonchev–Trinajstić information content (AvgIpc) is 2.05. The van der Waals surface area contributed by atoms with E-state index in [4.69, 9.17) is 0 Å². The Morgan fingerprint density at radius 3 is 2.08 bits per heavy atom. The maximum Gasteiger partial charge on any atom is 0.0816 e. The van der Waals surface area contributed by atoms with Crippen LogP contribution in [0, 0.1) is 0 Å². The number of likely N-dealkylation sites (N-methyl/N-ethyl adjacent to an activating group) is 2. The van der Waals surface area contributed by atoms with E-state index >= 15 is 0 Å². The predicted molar refractivity (Wildman–Crippen MR) is 71.1 cm³/mol. The van der Waals surface area contributed by atoms with Gasteiger partial charge in [-0.3, -0.25) is 0 Å². The van der Waals surface area contributed by atoms with Crippen LogP contribution in [0.2, 0.25) is 0 Å². The number of halogens is 2. The Hall–Kier alpha value is 1.34. The summed E-state index contributed by atoms with van der Waals surface area (Å²) in [7, 11) is 5.75. The van der Waals surface area contributed by atoms with Crippen LogP contribution in [0.15, 0.2) is 0 Å². The number of hydrogen-bond donors (Lipinski definition) is 2. The lowest BCUT2D eigenvalue weighted by Crippen LogP contribution is -2.41. The number of nitrogens with zero attached hydrogens (tertiary/aromatic N) is 1. The van der Waals surface area contributed by atoms with Crippen molar-refractivity contribution in [3.8, 4) is 0 Å². The monoisotopic (exact) mass is 400 g/mol. The molecule has 0 fully saturated rings. The number of hydrogen-bond acceptors (Lipinski definition) is 3. The predicted octanol–water partition coefficient (Wildman–Crippen LogP) is 1.29. The van der Waals surface area contributed by atoms with E-state index in [1.54, 1.807) is 0 Å². The Balaban J connectivity index is 0. The highest BCUT2D eigenvalue weighted by Crippen LogP contribution is 1.92. The van der Waals surface area contributed by atoms with E-state index in [0.717, 1.165) is 0 Å². The molecule has 0 aliphatic rings. The van der Waals surface area contributed by atoms with Gasteiger partial charge in [0.25, 0.3) is 0 Å². The third-order valence-corrected chi connectivity index (χ3v) is 1.58. The lowest BCUT2D eigenvalue weighted by molar-refractivity contribution is 0.106. The third-order valence-electron chi connectivity index (χ3n) is 1.58. The molecule has 0 aromatic carbocycles. The number of aliphatic hydroxyl groups is 1. The molecular weight excluding hydrogens is 382 g/mol. The van der Waals surface area contributed by atoms with Gasteiger partial charge in [0.1, 0.15) is 0 Å². The molecule has 0 bridgehead atoms. The summed E-state index contributed by atoms with van der Waals surface area (Å²) in [5.41, 5.74) is 0. The lowest BCUT2D eigenvalue weighted by Gasteiger charge is -2.21. The molecule has 0 saturated heterocycles. The van der Waals surface area contributed by atoms with E-state index in [2.05, 4.69) is 42.5 Å². The quantitative estimate of drug-likeness (QED) is 0.699. The van der Waals surface area contributed by atoms with E-state index in [9.17, 15) is 5.11 Å². The molecule has 0 aromatic rings. The van der Waals surface area contributed by atoms with Gasteiger partial charge in [0.05, 0.1) is 6.10 Å². The molecule has 12 heavy (non-hydrogen) atoms. The van der Waals surface area contributed by atoms with Gasteiger partial charge in [-0.1, -0.05) is 0 Å². The van der Waals surface area contributed by atoms with E-state index in [-0.39, 0.29) is 12.1 Å². The van der Waals surface area contributed by atoms with Crippen LogP contribution in [-0.2, 0) is 0 Å². The molecule has 0 aliphatic carbocycles. The molecule has 2 N–H and O–H groups in total. The largest absolute Gasteiger partial charge is 0.390 e. The van der Waals surface area contributed by atoms with Gasteiger partial charge in [-0.25, -0.2) is 0 Å². The summed E-state index contributed by atoms with van der Waals surface area (Å²) < 4.78 is 0. The van der Waals surface area contributed by atoms with Gasteiger partial charge < -0.3 is 15.3 Å². The molecule has 0 rings (SSSR count). The summed E-state index contributed by atoms with van der Waals surface area (Å²) in [6.45, 7) is 2.68. The Kier molecular flexibility index (Phi) is 13.7. The standard InChI is InChI=1S/C7H18N2O.I2/c1-6(8-2)7(10)5-9(3)4;1-2/h6-8,10H,5H2,1-4H3;. The second-order valence-corrected chi connectivity index (χ2v) is 2.91. The molecule has 0 spiro atoms. The summed E-state index contributed by atoms with van der Waals surface area (Å²) in [4.78, 5) is 1.97. The summed E-state index contributed by atoms with van der Waals surface area (Å²) >= 11 is 4.24. The Morgan fingerprint density at radius 2 is 1.83 bits per heavy atom. The van der Waals surface area contributed by atoms with Gasteiger partial charge in [-0.15, -0.1) is 0 Å². The first kappa shape index (κ1) is 15.8. The first-order chi connectivity index (χ1) is 5.57. The fourth-order valence-electron chi connectivity index (χ4n) is 0.725. The maximum absolute atomic E-state index is 9.38. The van der Waals surface area contributed by atoms with Crippen molar-refractivity contribution in [1.29, 1.82) is 0 Å². The van der Waals surface area contributed by atoms with Crippen molar-refractivity contribution in [2.24, 2.45) is 0 Å². The third kappa shape index (κ3) is 9.43. The molecule has 0 saturated carbocycles. The number of rotatable bonds is 4. The van der Waals surface area contributed by atoms with Crippen LogP contribution < -0.4 is 5.32 Å². The highest BCUT2D eigenvalue weighted by molar-refractivity contribution is 15.0. The van der Waals surface area contributed by atoms with Crippen molar-refractivity contribution >= 4 is 37.2 Å². The molecule has 2 atom stereocenters. The van der Waals surface area contributed by atoms with Crippen LogP contribution in [0.25, 0.3) is 0 Å². The van der Waals surface area contributed by atoms with Crippen LogP contribution in [0.5, 0.6) is 0 Å². The van der Waals surface area contributed by atoms with E-state index < -0.39 is 0 Å². The number of aliphatic hydroxyl groups excluding tert-OH is 1. The van der Waals surface area contributed by atoms with Gasteiger partial charge in [0, 0.05) is 49.8 Å². The SMILES string of the molecule is CNC(C)C(O)CN(C)C.II. The van der Waals surface area contributed by atoms with Crippen LogP contribution >= 0.6 is 37.2 Å². The fraction of sp³-hybridized carbons (Fsp3) is 1.00. The second-order valence-electron chi connectivity index (χ2n) is 2.91. The van der Waals surface area contributed by atoms with Crippen molar-refractivity contribution in [2.75, 3.05) is 27.7 Å². The van der Waals surface area contributed by atoms with E-state index in [1.807, 2.05) is 33.0 Å². The molecular formula is C7H18I2N2O. The van der Waals surface area contributed by atoms with Crippen molar-refractivity contribution in [3.05, 3.63) is 0 Å². The Morgan fingerprint density at radius 1 is 1.42 bits per heavy atom. The zero-order valence-corrected chi connectivity index (χ0v) is 12.3. The molecule has 0 radical (unpaired) electrons. The molecule has 0 amide bonds. The van der Waals surface area contributed by atoms with Crippen molar-refractivity contribution in [3.63, 3.8) is 0 Å². The summed E-state index contributed by atoms with van der Waals surface area (Å²) in [6.07, 6.45) is -0.278. The van der Waals surface area contributed by atoms with E-state index in [0.29, 0.717) is 6.54 Å². The summed E-state index contributed by atoms with van der Waals surface area (Å²) in [5.74, 6) is 0. The van der Waals surface area contributed by atoms with Crippen molar-refractivity contribution in [2.45, 2.75) is 19.1 Å². The first-order valence-corrected chi connectivity index (χ1v) is 10.0. The van der Waals surface area contributed by atoms with Crippen LogP contribution in [-0.4, -0.2) is 49.8 Å². The summed E-state index contributed by atoms with van der Waals surface area (Å²) in [6, 6.07) is 0.169. The smallest absolute Gasteiger partial charge is 0.0816 e. The van der Waals surface area contributed by atoms with Crippen molar-refractivity contribution in [1.82, 2.24) is 10.2 Å². The second kappa shape index (κ2) is 10.4. The average molecular weight is 400 g/mol. The molecule has 2 unspecified atom stereocenters. The fourth-order valence-corrected chi connectivity index (χ4v) is 0.725. The van der Waals surface area contributed by atoms with Crippen LogP contribution in [0.4, 0.5) is 0 Å². The number of nitrogens with one attached hydrogen (secondary N) is 1. The maximum atomic E-state index is 9.38. The van der Waals surface area contributed by atoms with Gasteiger partial charge in [0.2, 0.25) is 0 Å². The highest BCUT2D eigenvalue weighted by Gasteiger charge is 2.11. The summed E-state index contributed by atoms with van der Waals surface area (Å²) in [5, 5.41) is 12.4. The van der Waals surface area contributed by atoms with Gasteiger partial charge in [-0.05, 0) is 28.1 Å². The normalized spacial score (nSPS) is 15.0. The lowest BCUT2D eigenvalue weighted by atomic mass is 10.2. The molecule has 76 valence electrons. The Bertz CT molecular complexity index is 93.5. The minimum Gasteiger partial charge on any atom is -0.390 e. The van der Waals surface area contributed by atoms with E-state index in [1.165, 1.54) is 0 Å². The minimum absolute atomic E-state index is 0.169. The van der Waals surface area contributed by atoms with Gasteiger partial charge in [0.15, 0.2) is 0 Å². The van der Waals surface area contributed by atoms with Crippen molar-refractivity contribution < 1.29 is 5.11 Å². The first-order valence-electron chi connectivity index (χ1n) is 3.72. The molecule has 0 heterocycles. The van der Waals surface area contributed by atoms with Gasteiger partial charge in [-0.2, -0.15) is 0 Å². The molecule has 3 nitrogen and oxygen atoms in total. The molecule has 0 aromatic heterocycles. The minimum atomic E-state index is -0.278. The van der Waals surface area contributed by atoms with Crippen LogP contribution in [0.1, 0.15) is 6.92 Å². The van der Waals surface area contributed by atoms with Gasteiger partial charge >= 0.3 is 0 Å². The topological polar surface area (TPSA) is 35.5 Å². The molecule has 0 aliphatic heterocycles. The molecule has 5 heteroatoms. The Labute approximate surface area is 98.6 Å². The van der Waals surface area contributed by atoms with Crippen LogP contribution in [0.3, 0.4) is 0 Å². The highest BCUT2D eigenvalue weighted by atomic mass is 128.